The van der Waals surface area contributed by atoms with Crippen LogP contribution in [-0.4, -0.2) is 30.5 Å². The zero-order chi connectivity index (χ0) is 15.6. The number of carbonyl (C=O) groups is 1. The van der Waals surface area contributed by atoms with E-state index in [1.807, 2.05) is 4.98 Å². The Balaban J connectivity index is 2.37. The number of aromatic nitrogens is 3. The molecule has 2 rings (SSSR count). The van der Waals surface area contributed by atoms with Crippen LogP contribution in [0.3, 0.4) is 0 Å². The van der Waals surface area contributed by atoms with Gasteiger partial charge in [0.05, 0.1) is 28.9 Å². The highest BCUT2D eigenvalue weighted by Crippen LogP contribution is 2.04. The molecular formula is C11H8N4O6. The first-order valence-corrected chi connectivity index (χ1v) is 5.55. The van der Waals surface area contributed by atoms with Crippen molar-refractivity contribution in [3.63, 3.8) is 0 Å². The summed E-state index contributed by atoms with van der Waals surface area (Å²) in [6.07, 6.45) is 1.91. The SMILES string of the molecule is O=C(O)c1ccc(Cn2cc([N+](=O)[O-])c(=O)[nH]c2=O)nc1. The molecular weight excluding hydrogens is 284 g/mol. The molecule has 0 saturated carbocycles. The van der Waals surface area contributed by atoms with Crippen molar-refractivity contribution >= 4 is 11.7 Å². The minimum atomic E-state index is -1.15. The van der Waals surface area contributed by atoms with Crippen molar-refractivity contribution in [2.24, 2.45) is 0 Å². The second-order valence-electron chi connectivity index (χ2n) is 4.00. The maximum atomic E-state index is 11.6. The number of nitrogens with zero attached hydrogens (tertiary/aromatic N) is 3. The van der Waals surface area contributed by atoms with Gasteiger partial charge in [-0.25, -0.2) is 9.59 Å². The summed E-state index contributed by atoms with van der Waals surface area (Å²) in [6.45, 7) is -0.143. The summed E-state index contributed by atoms with van der Waals surface area (Å²) >= 11 is 0. The van der Waals surface area contributed by atoms with Gasteiger partial charge >= 0.3 is 22.9 Å². The Labute approximate surface area is 115 Å². The van der Waals surface area contributed by atoms with E-state index in [1.165, 1.54) is 12.1 Å². The van der Waals surface area contributed by atoms with E-state index in [4.69, 9.17) is 5.11 Å². The first-order valence-electron chi connectivity index (χ1n) is 5.55. The van der Waals surface area contributed by atoms with E-state index in [0.29, 0.717) is 5.69 Å². The average molecular weight is 292 g/mol. The summed E-state index contributed by atoms with van der Waals surface area (Å²) in [7, 11) is 0. The number of nitrogens with one attached hydrogen (secondary N) is 1. The number of carboxylic acid groups (broad SMARTS) is 1. The third-order valence-corrected chi connectivity index (χ3v) is 2.59. The minimum absolute atomic E-state index is 0.0291. The molecule has 0 spiro atoms. The lowest BCUT2D eigenvalue weighted by Gasteiger charge is -2.04. The molecule has 0 unspecified atom stereocenters. The fraction of sp³-hybridized carbons (Fsp3) is 0.0909. The fourth-order valence-corrected chi connectivity index (χ4v) is 1.56. The van der Waals surface area contributed by atoms with Gasteiger partial charge in [-0.2, -0.15) is 0 Å². The molecule has 0 bridgehead atoms. The van der Waals surface area contributed by atoms with Crippen molar-refractivity contribution in [2.45, 2.75) is 6.54 Å². The van der Waals surface area contributed by atoms with Crippen molar-refractivity contribution in [1.82, 2.24) is 14.5 Å². The highest BCUT2D eigenvalue weighted by molar-refractivity contribution is 5.87. The molecule has 0 aliphatic carbocycles. The van der Waals surface area contributed by atoms with E-state index in [9.17, 15) is 24.5 Å². The second kappa shape index (κ2) is 5.36. The van der Waals surface area contributed by atoms with Gasteiger partial charge in [0.15, 0.2) is 0 Å². The van der Waals surface area contributed by atoms with Gasteiger partial charge in [-0.15, -0.1) is 0 Å². The number of nitro groups is 1. The Bertz CT molecular complexity index is 820. The standard InChI is InChI=1S/C11H8N4O6/c16-9-8(15(20)21)5-14(11(19)13-9)4-7-2-1-6(3-12-7)10(17)18/h1-3,5H,4H2,(H,17,18)(H,13,16,19). The zero-order valence-corrected chi connectivity index (χ0v) is 10.3. The number of H-pyrrole nitrogens is 1. The first-order chi connectivity index (χ1) is 9.88. The summed E-state index contributed by atoms with van der Waals surface area (Å²) < 4.78 is 0.905. The smallest absolute Gasteiger partial charge is 0.350 e. The van der Waals surface area contributed by atoms with Crippen LogP contribution in [-0.2, 0) is 6.54 Å². The predicted octanol–water partition coefficient (Wildman–Crippen LogP) is -0.414. The number of hydrogen-bond acceptors (Lipinski definition) is 6. The summed E-state index contributed by atoms with van der Waals surface area (Å²) in [5.74, 6) is -1.15. The van der Waals surface area contributed by atoms with Gasteiger partial charge in [0, 0.05) is 6.20 Å². The molecule has 2 heterocycles. The average Bonchev–Trinajstić information content (AvgIpc) is 2.42. The predicted molar refractivity (Wildman–Crippen MR) is 68.3 cm³/mol. The largest absolute Gasteiger partial charge is 0.478 e. The quantitative estimate of drug-likeness (QED) is 0.574. The van der Waals surface area contributed by atoms with Crippen LogP contribution in [0.2, 0.25) is 0 Å². The molecule has 0 amide bonds. The van der Waals surface area contributed by atoms with E-state index in [2.05, 4.69) is 4.98 Å². The highest BCUT2D eigenvalue weighted by Gasteiger charge is 2.15. The van der Waals surface area contributed by atoms with Crippen molar-refractivity contribution in [3.05, 3.63) is 66.7 Å². The molecule has 0 radical (unpaired) electrons. The first kappa shape index (κ1) is 14.1. The summed E-state index contributed by atoms with van der Waals surface area (Å²) in [5, 5.41) is 19.4. The molecule has 108 valence electrons. The van der Waals surface area contributed by atoms with Crippen LogP contribution in [0.15, 0.2) is 34.1 Å². The highest BCUT2D eigenvalue weighted by atomic mass is 16.6. The molecule has 0 aliphatic heterocycles. The number of carboxylic acids is 1. The number of rotatable bonds is 4. The Morgan fingerprint density at radius 3 is 2.67 bits per heavy atom. The van der Waals surface area contributed by atoms with E-state index in [1.54, 1.807) is 0 Å². The van der Waals surface area contributed by atoms with Crippen molar-refractivity contribution in [2.75, 3.05) is 0 Å². The van der Waals surface area contributed by atoms with Crippen LogP contribution in [0.5, 0.6) is 0 Å². The van der Waals surface area contributed by atoms with Crippen LogP contribution >= 0.6 is 0 Å². The van der Waals surface area contributed by atoms with E-state index < -0.39 is 27.8 Å². The van der Waals surface area contributed by atoms with Crippen LogP contribution < -0.4 is 11.2 Å². The van der Waals surface area contributed by atoms with Crippen LogP contribution in [0.4, 0.5) is 5.69 Å². The van der Waals surface area contributed by atoms with E-state index >= 15 is 0 Å². The molecule has 2 N–H and O–H groups in total. The molecule has 0 aromatic carbocycles. The maximum absolute atomic E-state index is 11.6. The molecule has 2 aromatic rings. The number of pyridine rings is 1. The second-order valence-corrected chi connectivity index (χ2v) is 4.00. The molecule has 10 heteroatoms. The number of aromatic carboxylic acids is 1. The molecule has 0 fully saturated rings. The van der Waals surface area contributed by atoms with Crippen LogP contribution in [0.25, 0.3) is 0 Å². The Hall–Kier alpha value is -3.30. The number of hydrogen-bond donors (Lipinski definition) is 2. The van der Waals surface area contributed by atoms with Gasteiger partial charge in [0.25, 0.3) is 0 Å². The molecule has 0 saturated heterocycles. The molecule has 0 atom stereocenters. The molecule has 2 aromatic heterocycles. The van der Waals surface area contributed by atoms with Gasteiger partial charge in [-0.05, 0) is 12.1 Å². The fourth-order valence-electron chi connectivity index (χ4n) is 1.56. The van der Waals surface area contributed by atoms with Gasteiger partial charge < -0.3 is 5.11 Å². The van der Waals surface area contributed by atoms with Crippen molar-refractivity contribution < 1.29 is 14.8 Å². The lowest BCUT2D eigenvalue weighted by atomic mass is 10.2. The summed E-state index contributed by atoms with van der Waals surface area (Å²) in [5.41, 5.74) is -2.40. The van der Waals surface area contributed by atoms with Gasteiger partial charge in [-0.3, -0.25) is 29.4 Å². The van der Waals surface area contributed by atoms with Crippen LogP contribution in [0, 0.1) is 10.1 Å². The monoisotopic (exact) mass is 292 g/mol. The Kier molecular flexibility index (Phi) is 3.61. The van der Waals surface area contributed by atoms with Gasteiger partial charge in [0.2, 0.25) is 0 Å². The maximum Gasteiger partial charge on any atom is 0.350 e. The van der Waals surface area contributed by atoms with Gasteiger partial charge in [-0.1, -0.05) is 0 Å². The van der Waals surface area contributed by atoms with Crippen molar-refractivity contribution in [1.29, 1.82) is 0 Å². The topological polar surface area (TPSA) is 148 Å². The van der Waals surface area contributed by atoms with E-state index in [0.717, 1.165) is 17.0 Å². The summed E-state index contributed by atoms with van der Waals surface area (Å²) in [6, 6.07) is 2.66. The third-order valence-electron chi connectivity index (χ3n) is 2.59. The minimum Gasteiger partial charge on any atom is -0.478 e. The molecule has 0 aliphatic rings. The third kappa shape index (κ3) is 3.00. The normalized spacial score (nSPS) is 10.3. The molecule has 21 heavy (non-hydrogen) atoms. The molecule has 10 nitrogen and oxygen atoms in total. The summed E-state index contributed by atoms with van der Waals surface area (Å²) in [4.78, 5) is 48.8. The Morgan fingerprint density at radius 1 is 1.43 bits per heavy atom. The van der Waals surface area contributed by atoms with Gasteiger partial charge in [0.1, 0.15) is 0 Å². The van der Waals surface area contributed by atoms with Crippen molar-refractivity contribution in [3.8, 4) is 0 Å². The van der Waals surface area contributed by atoms with E-state index in [-0.39, 0.29) is 12.1 Å². The number of aromatic amines is 1. The lowest BCUT2D eigenvalue weighted by Crippen LogP contribution is -2.31. The Morgan fingerprint density at radius 2 is 2.14 bits per heavy atom. The van der Waals surface area contributed by atoms with Crippen LogP contribution in [0.1, 0.15) is 16.1 Å². The lowest BCUT2D eigenvalue weighted by molar-refractivity contribution is -0.386. The zero-order valence-electron chi connectivity index (χ0n) is 10.3.